The Balaban J connectivity index is 1.40. The second-order valence-corrected chi connectivity index (χ2v) is 9.05. The van der Waals surface area contributed by atoms with Crippen LogP contribution < -0.4 is 11.2 Å². The fourth-order valence-corrected chi connectivity index (χ4v) is 4.83. The zero-order valence-corrected chi connectivity index (χ0v) is 20.3. The first kappa shape index (κ1) is 24.0. The molecule has 5 rings (SSSR count). The summed E-state index contributed by atoms with van der Waals surface area (Å²) < 4.78 is 2.65. The van der Waals surface area contributed by atoms with E-state index in [-0.39, 0.29) is 25.4 Å². The molecule has 0 bridgehead atoms. The molecule has 0 saturated carbocycles. The molecule has 0 spiro atoms. The van der Waals surface area contributed by atoms with E-state index in [2.05, 4.69) is 24.3 Å². The van der Waals surface area contributed by atoms with Crippen molar-refractivity contribution in [2.75, 3.05) is 13.1 Å². The molecule has 7 heteroatoms. The quantitative estimate of drug-likeness (QED) is 0.411. The molecule has 0 unspecified atom stereocenters. The van der Waals surface area contributed by atoms with Crippen LogP contribution in [0.1, 0.15) is 29.5 Å². The first-order valence-corrected chi connectivity index (χ1v) is 12.3. The number of carbonyl (C=O) groups excluding carboxylic acids is 1. The smallest absolute Gasteiger partial charge is 0.331 e. The van der Waals surface area contributed by atoms with Crippen LogP contribution in [0.4, 0.5) is 0 Å². The van der Waals surface area contributed by atoms with Crippen LogP contribution in [0.15, 0.2) is 94.5 Å². The Morgan fingerprint density at radius 2 is 1.62 bits per heavy atom. The Labute approximate surface area is 214 Å². The number of aromatic nitrogens is 2. The highest BCUT2D eigenvalue weighted by Gasteiger charge is 2.20. The van der Waals surface area contributed by atoms with E-state index in [1.54, 1.807) is 47.4 Å². The van der Waals surface area contributed by atoms with Crippen molar-refractivity contribution in [3.63, 3.8) is 0 Å². The Morgan fingerprint density at radius 1 is 0.892 bits per heavy atom. The molecule has 4 aromatic rings. The molecular formula is C30H26N4O3. The van der Waals surface area contributed by atoms with Crippen LogP contribution >= 0.6 is 0 Å². The van der Waals surface area contributed by atoms with Gasteiger partial charge in [0.1, 0.15) is 0 Å². The van der Waals surface area contributed by atoms with Crippen LogP contribution in [-0.4, -0.2) is 33.0 Å². The molecule has 0 fully saturated rings. The lowest BCUT2D eigenvalue weighted by Gasteiger charge is -2.27. The third kappa shape index (κ3) is 4.87. The van der Waals surface area contributed by atoms with Crippen LogP contribution in [0, 0.1) is 11.3 Å². The molecule has 37 heavy (non-hydrogen) atoms. The summed E-state index contributed by atoms with van der Waals surface area (Å²) in [6, 6.07) is 26.3. The second kappa shape index (κ2) is 10.5. The largest absolute Gasteiger partial charge is 0.339 e. The number of benzene rings is 3. The molecule has 1 aliphatic heterocycles. The molecule has 3 aromatic carbocycles. The predicted octanol–water partition coefficient (Wildman–Crippen LogP) is 3.79. The summed E-state index contributed by atoms with van der Waals surface area (Å²) in [5, 5.41) is 9.89. The highest BCUT2D eigenvalue weighted by Crippen LogP contribution is 2.22. The van der Waals surface area contributed by atoms with Crippen molar-refractivity contribution in [1.29, 1.82) is 5.26 Å². The molecule has 1 aliphatic rings. The van der Waals surface area contributed by atoms with Gasteiger partial charge in [0.2, 0.25) is 5.91 Å². The predicted molar refractivity (Wildman–Crippen MR) is 143 cm³/mol. The lowest BCUT2D eigenvalue weighted by atomic mass is 9.99. The molecule has 0 radical (unpaired) electrons. The van der Waals surface area contributed by atoms with Gasteiger partial charge >= 0.3 is 5.69 Å². The maximum Gasteiger partial charge on any atom is 0.331 e. The minimum atomic E-state index is -0.492. The maximum absolute atomic E-state index is 13.5. The second-order valence-electron chi connectivity index (χ2n) is 9.05. The van der Waals surface area contributed by atoms with Crippen LogP contribution in [0.3, 0.4) is 0 Å². The highest BCUT2D eigenvalue weighted by atomic mass is 16.2. The number of fused-ring (bicyclic) bond motifs is 1. The Morgan fingerprint density at radius 3 is 2.38 bits per heavy atom. The average molecular weight is 491 g/mol. The van der Waals surface area contributed by atoms with E-state index in [9.17, 15) is 19.6 Å². The van der Waals surface area contributed by atoms with E-state index in [0.717, 1.165) is 16.6 Å². The molecule has 7 nitrogen and oxygen atoms in total. The first-order valence-electron chi connectivity index (χ1n) is 12.3. The fourth-order valence-electron chi connectivity index (χ4n) is 4.83. The lowest BCUT2D eigenvalue weighted by molar-refractivity contribution is -0.131. The Kier molecular flexibility index (Phi) is 6.82. The molecule has 1 amide bonds. The van der Waals surface area contributed by atoms with E-state index >= 15 is 0 Å². The van der Waals surface area contributed by atoms with Crippen LogP contribution in [0.25, 0.3) is 16.5 Å². The van der Waals surface area contributed by atoms with Crippen molar-refractivity contribution in [3.8, 4) is 6.07 Å². The lowest BCUT2D eigenvalue weighted by Crippen LogP contribution is -2.42. The van der Waals surface area contributed by atoms with Gasteiger partial charge in [-0.05, 0) is 41.3 Å². The summed E-state index contributed by atoms with van der Waals surface area (Å²) in [6.07, 6.45) is 2.88. The van der Waals surface area contributed by atoms with Crippen molar-refractivity contribution in [3.05, 3.63) is 122 Å². The molecule has 0 atom stereocenters. The van der Waals surface area contributed by atoms with Crippen molar-refractivity contribution in [1.82, 2.24) is 14.0 Å². The monoisotopic (exact) mass is 490 g/mol. The third-order valence-electron chi connectivity index (χ3n) is 6.85. The van der Waals surface area contributed by atoms with Gasteiger partial charge < -0.3 is 4.90 Å². The summed E-state index contributed by atoms with van der Waals surface area (Å²) in [5.74, 6) is -0.0933. The van der Waals surface area contributed by atoms with Crippen molar-refractivity contribution < 1.29 is 4.79 Å². The Bertz CT molecular complexity index is 1660. The van der Waals surface area contributed by atoms with Gasteiger partial charge in [-0.1, -0.05) is 66.7 Å². The number of para-hydroxylation sites is 1. The molecule has 2 heterocycles. The van der Waals surface area contributed by atoms with E-state index in [1.807, 2.05) is 24.3 Å². The van der Waals surface area contributed by atoms with Gasteiger partial charge in [-0.15, -0.1) is 0 Å². The molecular weight excluding hydrogens is 464 g/mol. The van der Waals surface area contributed by atoms with Gasteiger partial charge in [0.15, 0.2) is 0 Å². The standard InChI is InChI=1S/C30H26N4O3/c31-20-24-10-4-5-11-25(24)21-34-27-13-7-6-12-26(27)29(36)33(30(34)37)19-16-28(35)32-17-14-23(15-18-32)22-8-2-1-3-9-22/h1-14H,15-19,21H2. The number of carbonyl (C=O) groups is 1. The van der Waals surface area contributed by atoms with Gasteiger partial charge in [0.25, 0.3) is 5.56 Å². The van der Waals surface area contributed by atoms with Gasteiger partial charge in [0.05, 0.1) is 29.1 Å². The zero-order chi connectivity index (χ0) is 25.8. The van der Waals surface area contributed by atoms with Crippen molar-refractivity contribution in [2.45, 2.75) is 25.9 Å². The molecule has 0 N–H and O–H groups in total. The van der Waals surface area contributed by atoms with Crippen LogP contribution in [-0.2, 0) is 17.9 Å². The van der Waals surface area contributed by atoms with E-state index in [4.69, 9.17) is 0 Å². The minimum Gasteiger partial charge on any atom is -0.339 e. The molecule has 0 aliphatic carbocycles. The Hall–Kier alpha value is -4.70. The van der Waals surface area contributed by atoms with E-state index in [1.165, 1.54) is 10.1 Å². The fraction of sp³-hybridized carbons (Fsp3) is 0.200. The number of hydrogen-bond donors (Lipinski definition) is 0. The van der Waals surface area contributed by atoms with E-state index < -0.39 is 11.2 Å². The SMILES string of the molecule is N#Cc1ccccc1Cn1c(=O)n(CCC(=O)N2CC=C(c3ccccc3)CC2)c(=O)c2ccccc21. The van der Waals surface area contributed by atoms with Gasteiger partial charge in [0, 0.05) is 26.1 Å². The first-order chi connectivity index (χ1) is 18.1. The minimum absolute atomic E-state index is 0.00696. The number of amides is 1. The number of rotatable bonds is 6. The normalized spacial score (nSPS) is 13.3. The zero-order valence-electron chi connectivity index (χ0n) is 20.3. The van der Waals surface area contributed by atoms with Gasteiger partial charge in [-0.3, -0.25) is 18.7 Å². The summed E-state index contributed by atoms with van der Waals surface area (Å²) in [5.41, 5.74) is 3.14. The van der Waals surface area contributed by atoms with Crippen molar-refractivity contribution >= 4 is 22.4 Å². The number of nitrogens with zero attached hydrogens (tertiary/aromatic N) is 4. The molecule has 184 valence electrons. The number of hydrogen-bond acceptors (Lipinski definition) is 4. The van der Waals surface area contributed by atoms with E-state index in [0.29, 0.717) is 35.1 Å². The molecule has 0 saturated heterocycles. The van der Waals surface area contributed by atoms with Crippen LogP contribution in [0.2, 0.25) is 0 Å². The van der Waals surface area contributed by atoms with Crippen LogP contribution in [0.5, 0.6) is 0 Å². The maximum atomic E-state index is 13.5. The summed E-state index contributed by atoms with van der Waals surface area (Å²) in [7, 11) is 0. The topological polar surface area (TPSA) is 88.1 Å². The number of nitriles is 1. The molecule has 1 aromatic heterocycles. The third-order valence-corrected chi connectivity index (χ3v) is 6.85. The van der Waals surface area contributed by atoms with Crippen molar-refractivity contribution in [2.24, 2.45) is 0 Å². The van der Waals surface area contributed by atoms with Gasteiger partial charge in [-0.25, -0.2) is 4.79 Å². The highest BCUT2D eigenvalue weighted by molar-refractivity contribution is 5.79. The van der Waals surface area contributed by atoms with Gasteiger partial charge in [-0.2, -0.15) is 5.26 Å². The average Bonchev–Trinajstić information content (AvgIpc) is 2.96. The summed E-state index contributed by atoms with van der Waals surface area (Å²) in [4.78, 5) is 41.5. The summed E-state index contributed by atoms with van der Waals surface area (Å²) in [6.45, 7) is 1.25. The summed E-state index contributed by atoms with van der Waals surface area (Å²) >= 11 is 0.